The van der Waals surface area contributed by atoms with Crippen LogP contribution in [-0.4, -0.2) is 29.7 Å². The van der Waals surface area contributed by atoms with Gasteiger partial charge < -0.3 is 16.2 Å². The summed E-state index contributed by atoms with van der Waals surface area (Å²) in [6.45, 7) is 1.88. The summed E-state index contributed by atoms with van der Waals surface area (Å²) in [5.41, 5.74) is 5.01. The Labute approximate surface area is 65.8 Å². The molecule has 0 aromatic heterocycles. The molecule has 0 aromatic carbocycles. The lowest BCUT2D eigenvalue weighted by molar-refractivity contribution is -0.120. The average Bonchev–Trinajstić information content (AvgIpc) is 2.61. The van der Waals surface area contributed by atoms with Crippen LogP contribution in [0.15, 0.2) is 0 Å². The van der Waals surface area contributed by atoms with Crippen LogP contribution in [0.2, 0.25) is 0 Å². The van der Waals surface area contributed by atoms with E-state index in [2.05, 4.69) is 12.2 Å². The number of nitrogens with two attached hydrogens (primary N) is 1. The van der Waals surface area contributed by atoms with Gasteiger partial charge in [-0.1, -0.05) is 6.92 Å². The number of hydrogen-bond acceptors (Lipinski definition) is 3. The quantitative estimate of drug-likeness (QED) is 0.482. The first-order valence-electron chi connectivity index (χ1n) is 3.81. The maximum Gasteiger partial charge on any atom is 0.236 e. The van der Waals surface area contributed by atoms with Crippen molar-refractivity contribution in [2.45, 2.75) is 25.4 Å². The topological polar surface area (TPSA) is 75.3 Å². The SMILES string of the molecule is CC1CC1NC(CO)C(N)=O. The lowest BCUT2D eigenvalue weighted by Gasteiger charge is -2.11. The number of amides is 1. The van der Waals surface area contributed by atoms with E-state index in [4.69, 9.17) is 10.8 Å². The molecule has 1 amide bonds. The third kappa shape index (κ3) is 2.17. The molecule has 64 valence electrons. The number of carbonyl (C=O) groups excluding carboxylic acids is 1. The number of hydrogen-bond donors (Lipinski definition) is 3. The molecule has 0 bridgehead atoms. The first-order chi connectivity index (χ1) is 5.15. The molecule has 11 heavy (non-hydrogen) atoms. The molecular formula is C7H14N2O2. The van der Waals surface area contributed by atoms with Crippen molar-refractivity contribution in [1.82, 2.24) is 5.32 Å². The summed E-state index contributed by atoms with van der Waals surface area (Å²) >= 11 is 0. The van der Waals surface area contributed by atoms with E-state index >= 15 is 0 Å². The van der Waals surface area contributed by atoms with Crippen LogP contribution in [-0.2, 0) is 4.79 Å². The molecule has 0 radical (unpaired) electrons. The van der Waals surface area contributed by atoms with Crippen LogP contribution in [0.5, 0.6) is 0 Å². The second kappa shape index (κ2) is 3.19. The largest absolute Gasteiger partial charge is 0.394 e. The van der Waals surface area contributed by atoms with Gasteiger partial charge in [0.2, 0.25) is 5.91 Å². The van der Waals surface area contributed by atoms with Crippen molar-refractivity contribution in [3.05, 3.63) is 0 Å². The molecule has 1 aliphatic carbocycles. The molecule has 3 atom stereocenters. The fraction of sp³-hybridized carbons (Fsp3) is 0.857. The second-order valence-corrected chi connectivity index (χ2v) is 3.12. The molecule has 0 spiro atoms. The van der Waals surface area contributed by atoms with E-state index in [0.29, 0.717) is 12.0 Å². The van der Waals surface area contributed by atoms with Gasteiger partial charge in [-0.2, -0.15) is 0 Å². The van der Waals surface area contributed by atoms with Crippen LogP contribution in [0.25, 0.3) is 0 Å². The summed E-state index contributed by atoms with van der Waals surface area (Å²) in [5, 5.41) is 11.7. The second-order valence-electron chi connectivity index (χ2n) is 3.12. The van der Waals surface area contributed by atoms with Gasteiger partial charge in [0.05, 0.1) is 6.61 Å². The molecule has 0 saturated heterocycles. The third-order valence-electron chi connectivity index (χ3n) is 2.05. The molecule has 0 heterocycles. The average molecular weight is 158 g/mol. The molecule has 3 unspecified atom stereocenters. The zero-order chi connectivity index (χ0) is 8.43. The molecule has 4 heteroatoms. The third-order valence-corrected chi connectivity index (χ3v) is 2.05. The highest BCUT2D eigenvalue weighted by molar-refractivity contribution is 5.80. The zero-order valence-corrected chi connectivity index (χ0v) is 6.58. The maximum atomic E-state index is 10.6. The molecule has 1 rings (SSSR count). The van der Waals surface area contributed by atoms with E-state index in [1.54, 1.807) is 0 Å². The Morgan fingerprint density at radius 3 is 2.73 bits per heavy atom. The van der Waals surface area contributed by atoms with Gasteiger partial charge in [0.15, 0.2) is 0 Å². The Morgan fingerprint density at radius 1 is 1.91 bits per heavy atom. The Hall–Kier alpha value is -0.610. The van der Waals surface area contributed by atoms with Crippen molar-refractivity contribution in [3.63, 3.8) is 0 Å². The minimum atomic E-state index is -0.565. The molecule has 1 aliphatic rings. The van der Waals surface area contributed by atoms with Gasteiger partial charge in [-0.15, -0.1) is 0 Å². The van der Waals surface area contributed by atoms with Crippen LogP contribution in [0.1, 0.15) is 13.3 Å². The lowest BCUT2D eigenvalue weighted by atomic mass is 10.3. The number of nitrogens with one attached hydrogen (secondary N) is 1. The van der Waals surface area contributed by atoms with Crippen LogP contribution >= 0.6 is 0 Å². The fourth-order valence-electron chi connectivity index (χ4n) is 1.04. The molecule has 0 aliphatic heterocycles. The molecule has 4 nitrogen and oxygen atoms in total. The summed E-state index contributed by atoms with van der Waals surface area (Å²) in [6, 6.07) is -0.190. The van der Waals surface area contributed by atoms with Crippen molar-refractivity contribution in [2.24, 2.45) is 11.7 Å². The smallest absolute Gasteiger partial charge is 0.236 e. The molecular weight excluding hydrogens is 144 g/mol. The van der Waals surface area contributed by atoms with Crippen molar-refractivity contribution in [1.29, 1.82) is 0 Å². The van der Waals surface area contributed by atoms with E-state index in [9.17, 15) is 4.79 Å². The predicted molar refractivity (Wildman–Crippen MR) is 40.8 cm³/mol. The normalized spacial score (nSPS) is 31.5. The fourth-order valence-corrected chi connectivity index (χ4v) is 1.04. The van der Waals surface area contributed by atoms with Crippen molar-refractivity contribution in [2.75, 3.05) is 6.61 Å². The Balaban J connectivity index is 2.27. The number of aliphatic hydroxyl groups is 1. The van der Waals surface area contributed by atoms with Crippen molar-refractivity contribution in [3.8, 4) is 0 Å². The van der Waals surface area contributed by atoms with E-state index in [0.717, 1.165) is 6.42 Å². The molecule has 1 saturated carbocycles. The number of carbonyl (C=O) groups is 1. The summed E-state index contributed by atoms with van der Waals surface area (Å²) in [6.07, 6.45) is 1.07. The van der Waals surface area contributed by atoms with Crippen LogP contribution < -0.4 is 11.1 Å². The molecule has 4 N–H and O–H groups in total. The lowest BCUT2D eigenvalue weighted by Crippen LogP contribution is -2.45. The summed E-state index contributed by atoms with van der Waals surface area (Å²) in [7, 11) is 0. The van der Waals surface area contributed by atoms with Gasteiger partial charge >= 0.3 is 0 Å². The van der Waals surface area contributed by atoms with Crippen LogP contribution in [0.4, 0.5) is 0 Å². The standard InChI is InChI=1S/C7H14N2O2/c1-4-2-5(4)9-6(3-10)7(8)11/h4-6,9-10H,2-3H2,1H3,(H2,8,11). The zero-order valence-electron chi connectivity index (χ0n) is 6.58. The van der Waals surface area contributed by atoms with E-state index < -0.39 is 11.9 Å². The monoisotopic (exact) mass is 158 g/mol. The first kappa shape index (κ1) is 8.49. The summed E-state index contributed by atoms with van der Waals surface area (Å²) in [5.74, 6) is 0.134. The van der Waals surface area contributed by atoms with Crippen molar-refractivity contribution < 1.29 is 9.90 Å². The van der Waals surface area contributed by atoms with Gasteiger partial charge in [0, 0.05) is 6.04 Å². The maximum absolute atomic E-state index is 10.6. The number of rotatable bonds is 4. The highest BCUT2D eigenvalue weighted by Crippen LogP contribution is 2.29. The van der Waals surface area contributed by atoms with Crippen LogP contribution in [0, 0.1) is 5.92 Å². The van der Waals surface area contributed by atoms with Crippen LogP contribution in [0.3, 0.4) is 0 Å². The molecule has 1 fully saturated rings. The summed E-state index contributed by atoms with van der Waals surface area (Å²) in [4.78, 5) is 10.6. The van der Waals surface area contributed by atoms with Gasteiger partial charge in [0.25, 0.3) is 0 Å². The Morgan fingerprint density at radius 2 is 2.45 bits per heavy atom. The first-order valence-corrected chi connectivity index (χ1v) is 3.81. The molecule has 0 aromatic rings. The summed E-state index contributed by atoms with van der Waals surface area (Å²) < 4.78 is 0. The van der Waals surface area contributed by atoms with Gasteiger partial charge in [-0.05, 0) is 12.3 Å². The van der Waals surface area contributed by atoms with Crippen molar-refractivity contribution >= 4 is 5.91 Å². The number of primary amides is 1. The van der Waals surface area contributed by atoms with E-state index in [1.807, 2.05) is 0 Å². The van der Waals surface area contributed by atoms with Gasteiger partial charge in [-0.3, -0.25) is 4.79 Å². The number of aliphatic hydroxyl groups excluding tert-OH is 1. The highest BCUT2D eigenvalue weighted by atomic mass is 16.3. The minimum Gasteiger partial charge on any atom is -0.394 e. The Bertz CT molecular complexity index is 161. The minimum absolute atomic E-state index is 0.210. The van der Waals surface area contributed by atoms with Gasteiger partial charge in [0.1, 0.15) is 6.04 Å². The Kier molecular flexibility index (Phi) is 2.46. The van der Waals surface area contributed by atoms with E-state index in [1.165, 1.54) is 0 Å². The highest BCUT2D eigenvalue weighted by Gasteiger charge is 2.35. The predicted octanol–water partition coefficient (Wildman–Crippen LogP) is -1.17. The van der Waals surface area contributed by atoms with Gasteiger partial charge in [-0.25, -0.2) is 0 Å². The van der Waals surface area contributed by atoms with E-state index in [-0.39, 0.29) is 6.61 Å².